The minimum atomic E-state index is -1.41. The molecule has 1 saturated heterocycles. The van der Waals surface area contributed by atoms with Crippen LogP contribution in [0, 0.1) is 0 Å². The molecular weight excluding hydrogens is 708 g/mol. The molecule has 0 N–H and O–H groups in total. The number of carbonyl (C=O) groups excluding carboxylic acids is 8. The van der Waals surface area contributed by atoms with E-state index in [4.69, 9.17) is 18.9 Å². The molecule has 1 aliphatic heterocycles. The quantitative estimate of drug-likeness (QED) is 0.286. The molecule has 3 atom stereocenters. The Morgan fingerprint density at radius 2 is 1.17 bits per heavy atom. The van der Waals surface area contributed by atoms with E-state index in [1.807, 2.05) is 29.1 Å². The Morgan fingerprint density at radius 1 is 0.667 bits per heavy atom. The van der Waals surface area contributed by atoms with E-state index in [1.165, 1.54) is 42.0 Å². The lowest BCUT2D eigenvalue weighted by atomic mass is 10.0. The summed E-state index contributed by atoms with van der Waals surface area (Å²) in [4.78, 5) is 106. The van der Waals surface area contributed by atoms with Gasteiger partial charge in [-0.25, -0.2) is 4.79 Å². The van der Waals surface area contributed by atoms with Gasteiger partial charge in [-0.15, -0.1) is 0 Å². The summed E-state index contributed by atoms with van der Waals surface area (Å²) < 4.78 is 22.5. The molecule has 1 fully saturated rings. The van der Waals surface area contributed by atoms with E-state index in [9.17, 15) is 38.4 Å². The normalized spacial score (nSPS) is 21.5. The van der Waals surface area contributed by atoms with Crippen molar-refractivity contribution >= 4 is 47.5 Å². The Balaban J connectivity index is 1.82. The summed E-state index contributed by atoms with van der Waals surface area (Å²) in [6, 6.07) is 7.93. The first-order chi connectivity index (χ1) is 25.4. The summed E-state index contributed by atoms with van der Waals surface area (Å²) >= 11 is 0. The number of cyclic esters (lactones) is 4. The van der Waals surface area contributed by atoms with Crippen LogP contribution in [0.25, 0.3) is 0 Å². The summed E-state index contributed by atoms with van der Waals surface area (Å²) in [5.74, 6) is -6.66. The highest BCUT2D eigenvalue weighted by Gasteiger charge is 2.33. The first kappa shape index (κ1) is 42.6. The van der Waals surface area contributed by atoms with Crippen LogP contribution in [0.4, 0.5) is 0 Å². The molecule has 18 heteroatoms. The number of hydrogen-bond donors (Lipinski definition) is 0. The zero-order valence-corrected chi connectivity index (χ0v) is 31.8. The predicted molar refractivity (Wildman–Crippen MR) is 188 cm³/mol. The molecule has 0 spiro atoms. The number of aromatic nitrogens is 2. The Labute approximate surface area is 313 Å². The first-order valence-corrected chi connectivity index (χ1v) is 17.2. The van der Waals surface area contributed by atoms with E-state index >= 15 is 0 Å². The van der Waals surface area contributed by atoms with Crippen molar-refractivity contribution in [2.24, 2.45) is 0 Å². The van der Waals surface area contributed by atoms with Crippen molar-refractivity contribution in [1.29, 1.82) is 0 Å². The van der Waals surface area contributed by atoms with Crippen molar-refractivity contribution in [2.75, 3.05) is 61.0 Å². The molecule has 3 rings (SSSR count). The van der Waals surface area contributed by atoms with E-state index in [0.29, 0.717) is 12.1 Å². The molecule has 18 nitrogen and oxygen atoms in total. The highest BCUT2D eigenvalue weighted by molar-refractivity contribution is 5.91. The number of esters is 4. The predicted octanol–water partition coefficient (Wildman–Crippen LogP) is -0.237. The van der Waals surface area contributed by atoms with Gasteiger partial charge in [0.25, 0.3) is 23.6 Å². The van der Waals surface area contributed by atoms with Gasteiger partial charge >= 0.3 is 23.9 Å². The maximum Gasteiger partial charge on any atom is 0.329 e. The SMILES string of the molecule is CC1OC(=O)CN(C)C(=O)COC(=O)CN(C)C(=O)C(C)OC(=O)C(Cc2ccc(Cn3ccc(C(C)C)n3)cc2)N(C)C(=O)COC(=O)CN(C)C1=O. The van der Waals surface area contributed by atoms with E-state index in [-0.39, 0.29) is 12.3 Å². The molecule has 294 valence electrons. The molecule has 0 aliphatic carbocycles. The summed E-state index contributed by atoms with van der Waals surface area (Å²) in [6.07, 6.45) is -0.924. The second-order valence-corrected chi connectivity index (χ2v) is 13.3. The van der Waals surface area contributed by atoms with Gasteiger partial charge in [0, 0.05) is 40.8 Å². The van der Waals surface area contributed by atoms with Gasteiger partial charge in [0.1, 0.15) is 25.7 Å². The Morgan fingerprint density at radius 3 is 1.70 bits per heavy atom. The fourth-order valence-electron chi connectivity index (χ4n) is 5.14. The number of likely N-dealkylation sites (N-methyl/N-ethyl adjacent to an activating group) is 4. The number of ether oxygens (including phenoxy) is 4. The largest absolute Gasteiger partial charge is 0.454 e. The average Bonchev–Trinajstić information content (AvgIpc) is 3.59. The second-order valence-electron chi connectivity index (χ2n) is 13.3. The molecule has 1 aliphatic rings. The smallest absolute Gasteiger partial charge is 0.329 e. The molecule has 0 bridgehead atoms. The maximum absolute atomic E-state index is 13.6. The number of benzene rings is 1. The molecule has 54 heavy (non-hydrogen) atoms. The minimum absolute atomic E-state index is 0.0477. The van der Waals surface area contributed by atoms with Crippen LogP contribution >= 0.6 is 0 Å². The van der Waals surface area contributed by atoms with Gasteiger partial charge in [-0.1, -0.05) is 38.1 Å². The van der Waals surface area contributed by atoms with Crippen LogP contribution in [0.2, 0.25) is 0 Å². The molecule has 1 aromatic carbocycles. The number of amides is 4. The van der Waals surface area contributed by atoms with Crippen LogP contribution in [0.5, 0.6) is 0 Å². The molecule has 0 radical (unpaired) electrons. The van der Waals surface area contributed by atoms with E-state index in [1.54, 1.807) is 12.1 Å². The number of nitrogens with zero attached hydrogens (tertiary/aromatic N) is 6. The first-order valence-electron chi connectivity index (χ1n) is 17.2. The Hall–Kier alpha value is -5.81. The third-order valence-electron chi connectivity index (χ3n) is 8.47. The summed E-state index contributed by atoms with van der Waals surface area (Å²) in [5.41, 5.74) is 2.53. The number of rotatable bonds is 5. The van der Waals surface area contributed by atoms with Crippen molar-refractivity contribution in [3.8, 4) is 0 Å². The molecule has 2 heterocycles. The van der Waals surface area contributed by atoms with Crippen molar-refractivity contribution in [2.45, 2.75) is 64.8 Å². The van der Waals surface area contributed by atoms with Crippen molar-refractivity contribution in [1.82, 2.24) is 29.4 Å². The number of carbonyl (C=O) groups is 8. The average molecular weight is 757 g/mol. The topological polar surface area (TPSA) is 204 Å². The van der Waals surface area contributed by atoms with Gasteiger partial charge in [0.15, 0.2) is 25.4 Å². The van der Waals surface area contributed by atoms with Gasteiger partial charge in [0.05, 0.1) is 12.2 Å². The lowest BCUT2D eigenvalue weighted by Gasteiger charge is -2.29. The van der Waals surface area contributed by atoms with Crippen LogP contribution in [0.3, 0.4) is 0 Å². The van der Waals surface area contributed by atoms with Crippen LogP contribution in [-0.4, -0.2) is 156 Å². The molecule has 2 aromatic rings. The third kappa shape index (κ3) is 12.4. The van der Waals surface area contributed by atoms with Gasteiger partial charge in [-0.3, -0.25) is 38.2 Å². The zero-order chi connectivity index (χ0) is 40.3. The van der Waals surface area contributed by atoms with Gasteiger partial charge in [-0.2, -0.15) is 5.10 Å². The zero-order valence-electron chi connectivity index (χ0n) is 31.8. The summed E-state index contributed by atoms with van der Waals surface area (Å²) in [7, 11) is 5.07. The molecule has 0 saturated carbocycles. The van der Waals surface area contributed by atoms with Gasteiger partial charge in [0.2, 0.25) is 0 Å². The van der Waals surface area contributed by atoms with E-state index in [0.717, 1.165) is 30.9 Å². The second kappa shape index (κ2) is 19.3. The van der Waals surface area contributed by atoms with Crippen LogP contribution in [-0.2, 0) is 70.3 Å². The minimum Gasteiger partial charge on any atom is -0.454 e. The lowest BCUT2D eigenvalue weighted by Crippen LogP contribution is -2.49. The lowest BCUT2D eigenvalue weighted by molar-refractivity contribution is -0.167. The summed E-state index contributed by atoms with van der Waals surface area (Å²) in [6.45, 7) is 3.79. The third-order valence-corrected chi connectivity index (χ3v) is 8.47. The maximum atomic E-state index is 13.6. The van der Waals surface area contributed by atoms with Crippen molar-refractivity contribution < 1.29 is 57.3 Å². The fraction of sp³-hybridized carbons (Fsp3) is 0.528. The summed E-state index contributed by atoms with van der Waals surface area (Å²) in [5, 5.41) is 4.57. The van der Waals surface area contributed by atoms with Crippen LogP contribution in [0.1, 0.15) is 50.4 Å². The van der Waals surface area contributed by atoms with Crippen molar-refractivity contribution in [3.63, 3.8) is 0 Å². The highest BCUT2D eigenvalue weighted by Crippen LogP contribution is 2.16. The van der Waals surface area contributed by atoms with Crippen molar-refractivity contribution in [3.05, 3.63) is 53.3 Å². The molecule has 3 unspecified atom stereocenters. The molecular formula is C36H48N6O12. The van der Waals surface area contributed by atoms with Crippen LogP contribution < -0.4 is 0 Å². The van der Waals surface area contributed by atoms with E-state index in [2.05, 4.69) is 18.9 Å². The van der Waals surface area contributed by atoms with Gasteiger partial charge < -0.3 is 38.5 Å². The molecule has 1 aromatic heterocycles. The Kier molecular flexibility index (Phi) is 15.2. The monoisotopic (exact) mass is 756 g/mol. The fourth-order valence-corrected chi connectivity index (χ4v) is 5.14. The highest BCUT2D eigenvalue weighted by atomic mass is 16.6. The van der Waals surface area contributed by atoms with Crippen LogP contribution in [0.15, 0.2) is 36.5 Å². The van der Waals surface area contributed by atoms with Gasteiger partial charge in [-0.05, 0) is 37.0 Å². The number of hydrogen-bond acceptors (Lipinski definition) is 13. The molecule has 4 amide bonds. The Bertz CT molecular complexity index is 1710. The van der Waals surface area contributed by atoms with E-state index < -0.39 is 98.6 Å². The standard InChI is InChI=1S/C36H48N6O12/c1-22(2)27-13-14-42(37-27)16-26-11-9-25(10-12-26)15-28-36(50)54-24(4)35(49)40(7)17-31(45)51-20-29(43)38(5)19-33(47)53-23(3)34(48)39(6)18-32(46)52-21-30(44)41(28)8/h9-14,22-24,28H,15-21H2,1-8H3.